The summed E-state index contributed by atoms with van der Waals surface area (Å²) in [6.07, 6.45) is -0.698. The Balaban J connectivity index is 1.27. The van der Waals surface area contributed by atoms with Crippen molar-refractivity contribution in [2.75, 3.05) is 46.5 Å². The van der Waals surface area contributed by atoms with Crippen LogP contribution in [0.1, 0.15) is 17.3 Å². The minimum Gasteiger partial charge on any atom is -0.493 e. The molecule has 0 saturated carbocycles. The van der Waals surface area contributed by atoms with Crippen molar-refractivity contribution in [3.05, 3.63) is 48.0 Å². The number of rotatable bonds is 6. The lowest BCUT2D eigenvalue weighted by Crippen LogP contribution is -2.55. The summed E-state index contributed by atoms with van der Waals surface area (Å²) in [6.45, 7) is 3.07. The van der Waals surface area contributed by atoms with Crippen LogP contribution in [-0.2, 0) is 9.59 Å². The maximum Gasteiger partial charge on any atom is 0.267 e. The quantitative estimate of drug-likeness (QED) is 0.614. The molecule has 0 N–H and O–H groups in total. The van der Waals surface area contributed by atoms with Gasteiger partial charge in [0.05, 0.1) is 7.11 Å². The molecule has 33 heavy (non-hydrogen) atoms. The van der Waals surface area contributed by atoms with Crippen LogP contribution in [0.3, 0.4) is 0 Å². The Morgan fingerprint density at radius 2 is 1.67 bits per heavy atom. The van der Waals surface area contributed by atoms with E-state index in [0.29, 0.717) is 54.7 Å². The Morgan fingerprint density at radius 1 is 0.970 bits per heavy atom. The Bertz CT molecular complexity index is 1050. The predicted octanol–water partition coefficient (Wildman–Crippen LogP) is 1.79. The molecule has 0 spiro atoms. The molecular formula is C24H26N2O7. The van der Waals surface area contributed by atoms with Crippen LogP contribution in [0.5, 0.6) is 23.0 Å². The average Bonchev–Trinajstić information content (AvgIpc) is 2.86. The van der Waals surface area contributed by atoms with Crippen LogP contribution in [0.2, 0.25) is 0 Å². The fourth-order valence-electron chi connectivity index (χ4n) is 3.76. The van der Waals surface area contributed by atoms with Gasteiger partial charge >= 0.3 is 0 Å². The van der Waals surface area contributed by atoms with Crippen LogP contribution < -0.4 is 18.9 Å². The van der Waals surface area contributed by atoms with Crippen molar-refractivity contribution in [2.24, 2.45) is 0 Å². The number of carbonyl (C=O) groups excluding carboxylic acids is 3. The highest BCUT2D eigenvalue weighted by Gasteiger charge is 2.33. The summed E-state index contributed by atoms with van der Waals surface area (Å²) in [4.78, 5) is 40.3. The molecule has 1 fully saturated rings. The molecule has 2 aliphatic heterocycles. The van der Waals surface area contributed by atoms with E-state index in [1.54, 1.807) is 40.1 Å². The highest BCUT2D eigenvalue weighted by atomic mass is 16.6. The monoisotopic (exact) mass is 454 g/mol. The Kier molecular flexibility index (Phi) is 6.67. The first-order chi connectivity index (χ1) is 16.0. The highest BCUT2D eigenvalue weighted by molar-refractivity contribution is 5.94. The van der Waals surface area contributed by atoms with Gasteiger partial charge in [0.15, 0.2) is 35.4 Å². The number of hydrogen-bond donors (Lipinski definition) is 0. The molecule has 9 heteroatoms. The van der Waals surface area contributed by atoms with Crippen molar-refractivity contribution < 1.29 is 33.3 Å². The second-order valence-corrected chi connectivity index (χ2v) is 7.78. The lowest BCUT2D eigenvalue weighted by Gasteiger charge is -2.37. The number of carbonyl (C=O) groups is 3. The van der Waals surface area contributed by atoms with Crippen LogP contribution in [0.15, 0.2) is 42.5 Å². The molecule has 2 amide bonds. The van der Waals surface area contributed by atoms with E-state index in [1.165, 1.54) is 14.0 Å². The van der Waals surface area contributed by atoms with Crippen LogP contribution in [0.4, 0.5) is 0 Å². The summed E-state index contributed by atoms with van der Waals surface area (Å²) in [5, 5.41) is 0. The molecule has 0 aliphatic carbocycles. The number of benzene rings is 2. The molecule has 2 aromatic carbocycles. The van der Waals surface area contributed by atoms with Crippen LogP contribution in [0.25, 0.3) is 0 Å². The van der Waals surface area contributed by atoms with E-state index in [4.69, 9.17) is 18.9 Å². The van der Waals surface area contributed by atoms with Gasteiger partial charge < -0.3 is 28.7 Å². The van der Waals surface area contributed by atoms with E-state index in [1.807, 2.05) is 12.1 Å². The van der Waals surface area contributed by atoms with E-state index in [9.17, 15) is 14.4 Å². The van der Waals surface area contributed by atoms with Crippen LogP contribution >= 0.6 is 0 Å². The third-order valence-electron chi connectivity index (χ3n) is 5.65. The lowest BCUT2D eigenvalue weighted by molar-refractivity contribution is -0.146. The topological polar surface area (TPSA) is 94.6 Å². The minimum absolute atomic E-state index is 0.0854. The van der Waals surface area contributed by atoms with Gasteiger partial charge in [-0.1, -0.05) is 12.1 Å². The van der Waals surface area contributed by atoms with E-state index in [2.05, 4.69) is 0 Å². The molecule has 4 rings (SSSR count). The molecule has 0 aromatic heterocycles. The number of ketones is 1. The van der Waals surface area contributed by atoms with Gasteiger partial charge in [0, 0.05) is 31.7 Å². The van der Waals surface area contributed by atoms with Crippen molar-refractivity contribution in [1.82, 2.24) is 9.80 Å². The molecule has 1 saturated heterocycles. The van der Waals surface area contributed by atoms with Gasteiger partial charge in [-0.2, -0.15) is 0 Å². The van der Waals surface area contributed by atoms with Crippen molar-refractivity contribution in [2.45, 2.75) is 13.0 Å². The fourth-order valence-corrected chi connectivity index (χ4v) is 3.76. The van der Waals surface area contributed by atoms with Crippen molar-refractivity contribution >= 4 is 17.6 Å². The maximum absolute atomic E-state index is 12.9. The number of ether oxygens (including phenoxy) is 4. The largest absolute Gasteiger partial charge is 0.493 e. The van der Waals surface area contributed by atoms with Gasteiger partial charge in [-0.05, 0) is 37.3 Å². The van der Waals surface area contributed by atoms with E-state index in [0.717, 1.165) is 0 Å². The second kappa shape index (κ2) is 9.81. The third-order valence-corrected chi connectivity index (χ3v) is 5.65. The summed E-state index contributed by atoms with van der Waals surface area (Å²) in [7, 11) is 1.48. The van der Waals surface area contributed by atoms with Gasteiger partial charge in [0.2, 0.25) is 6.10 Å². The molecule has 0 bridgehead atoms. The van der Waals surface area contributed by atoms with E-state index in [-0.39, 0.29) is 30.8 Å². The maximum atomic E-state index is 12.9. The first kappa shape index (κ1) is 22.4. The standard InChI is InChI=1S/C24H26N2O7/c1-16(27)17-7-8-19(21(13-17)30-2)32-15-23(28)25-9-11-26(12-10-25)24(29)22-14-31-18-5-3-4-6-20(18)33-22/h3-8,13,22H,9-12,14-15H2,1-2H3. The zero-order valence-electron chi connectivity index (χ0n) is 18.6. The summed E-state index contributed by atoms with van der Waals surface area (Å²) >= 11 is 0. The number of fused-ring (bicyclic) bond motifs is 1. The summed E-state index contributed by atoms with van der Waals surface area (Å²) in [5.41, 5.74) is 0.502. The zero-order chi connectivity index (χ0) is 23.4. The average molecular weight is 454 g/mol. The molecule has 1 unspecified atom stereocenters. The fraction of sp³-hybridized carbons (Fsp3) is 0.375. The number of para-hydroxylation sites is 2. The van der Waals surface area contributed by atoms with E-state index >= 15 is 0 Å². The number of amides is 2. The van der Waals surface area contributed by atoms with Crippen LogP contribution in [0, 0.1) is 0 Å². The number of Topliss-reactive ketones (excluding diaryl/α,β-unsaturated/α-hetero) is 1. The smallest absolute Gasteiger partial charge is 0.267 e. The minimum atomic E-state index is -0.698. The molecule has 2 heterocycles. The Labute approximate surface area is 191 Å². The lowest BCUT2D eigenvalue weighted by atomic mass is 10.1. The number of piperazine rings is 1. The van der Waals surface area contributed by atoms with Gasteiger partial charge in [-0.25, -0.2) is 0 Å². The SMILES string of the molecule is COc1cc(C(C)=O)ccc1OCC(=O)N1CCN(C(=O)C2COc3ccccc3O2)CC1. The first-order valence-electron chi connectivity index (χ1n) is 10.7. The third kappa shape index (κ3) is 5.02. The Morgan fingerprint density at radius 3 is 2.36 bits per heavy atom. The van der Waals surface area contributed by atoms with Crippen molar-refractivity contribution in [3.8, 4) is 23.0 Å². The predicted molar refractivity (Wildman–Crippen MR) is 118 cm³/mol. The number of nitrogens with zero attached hydrogens (tertiary/aromatic N) is 2. The highest BCUT2D eigenvalue weighted by Crippen LogP contribution is 2.31. The molecular weight excluding hydrogens is 428 g/mol. The van der Waals surface area contributed by atoms with Gasteiger partial charge in [-0.15, -0.1) is 0 Å². The second-order valence-electron chi connectivity index (χ2n) is 7.78. The van der Waals surface area contributed by atoms with Crippen LogP contribution in [-0.4, -0.2) is 80.0 Å². The molecule has 9 nitrogen and oxygen atoms in total. The summed E-state index contributed by atoms with van der Waals surface area (Å²) < 4.78 is 22.3. The van der Waals surface area contributed by atoms with Crippen molar-refractivity contribution in [1.29, 1.82) is 0 Å². The summed E-state index contributed by atoms with van der Waals surface area (Å²) in [6, 6.07) is 12.1. The van der Waals surface area contributed by atoms with E-state index < -0.39 is 6.10 Å². The van der Waals surface area contributed by atoms with Gasteiger partial charge in [0.1, 0.15) is 6.61 Å². The van der Waals surface area contributed by atoms with Gasteiger partial charge in [0.25, 0.3) is 11.8 Å². The molecule has 0 radical (unpaired) electrons. The molecule has 174 valence electrons. The summed E-state index contributed by atoms with van der Waals surface area (Å²) in [5.74, 6) is 1.54. The number of hydrogen-bond acceptors (Lipinski definition) is 7. The molecule has 1 atom stereocenters. The van der Waals surface area contributed by atoms with Gasteiger partial charge in [-0.3, -0.25) is 14.4 Å². The molecule has 2 aromatic rings. The first-order valence-corrected chi connectivity index (χ1v) is 10.7. The zero-order valence-corrected chi connectivity index (χ0v) is 18.6. The number of methoxy groups -OCH3 is 1. The normalized spacial score (nSPS) is 17.3. The Hall–Kier alpha value is -3.75. The molecule has 2 aliphatic rings. The van der Waals surface area contributed by atoms with Crippen molar-refractivity contribution in [3.63, 3.8) is 0 Å².